The van der Waals surface area contributed by atoms with Crippen LogP contribution in [0.15, 0.2) is 60.1 Å². The molecule has 0 saturated carbocycles. The third kappa shape index (κ3) is 8.95. The lowest BCUT2D eigenvalue weighted by Crippen LogP contribution is -2.72. The average Bonchev–Trinajstić information content (AvgIpc) is 3.19. The predicted molar refractivity (Wildman–Crippen MR) is 165 cm³/mol. The second kappa shape index (κ2) is 17.5. The highest BCUT2D eigenvalue weighted by atomic mass is 19.4. The van der Waals surface area contributed by atoms with Gasteiger partial charge in [0.15, 0.2) is 11.5 Å². The largest absolute Gasteiger partial charge is 0.460 e. The molecule has 0 saturated heterocycles. The molecule has 0 fully saturated rings. The van der Waals surface area contributed by atoms with Crippen LogP contribution >= 0.6 is 0 Å². The lowest BCUT2D eigenvalue weighted by molar-refractivity contribution is -0.451. The number of nitrogen functional groups attached to an aromatic ring is 2. The predicted octanol–water partition coefficient (Wildman–Crippen LogP) is 14.9. The van der Waals surface area contributed by atoms with Gasteiger partial charge >= 0.3 is 95.4 Å². The van der Waals surface area contributed by atoms with Crippen LogP contribution in [0.25, 0.3) is 0 Å². The molecule has 0 atom stereocenters. The van der Waals surface area contributed by atoms with Crippen molar-refractivity contribution in [2.75, 3.05) is 11.5 Å². The number of halogens is 34. The van der Waals surface area contributed by atoms with Gasteiger partial charge in [0.05, 0.1) is 11.4 Å². The Bertz CT molecular complexity index is 2210. The molecule has 0 spiro atoms. The third-order valence-electron chi connectivity index (χ3n) is 9.42. The Morgan fingerprint density at radius 3 is 0.775 bits per heavy atom. The number of nitrogens with two attached hydrogens (primary N) is 2. The Labute approximate surface area is 367 Å². The number of benzene rings is 2. The van der Waals surface area contributed by atoms with E-state index in [1.54, 1.807) is 0 Å². The van der Waals surface area contributed by atoms with Gasteiger partial charge in [0.1, 0.15) is 0 Å². The molecular weight excluding hydrogens is 1100 g/mol. The number of ether oxygens (including phenoxy) is 2. The van der Waals surface area contributed by atoms with Gasteiger partial charge in [0.25, 0.3) is 0 Å². The van der Waals surface area contributed by atoms with Crippen LogP contribution in [0.5, 0.6) is 11.5 Å². The molecule has 4 N–H and O–H groups in total. The van der Waals surface area contributed by atoms with Gasteiger partial charge in [-0.15, -0.1) is 0 Å². The first-order valence-corrected chi connectivity index (χ1v) is 16.8. The first-order valence-electron chi connectivity index (χ1n) is 16.8. The second-order valence-electron chi connectivity index (χ2n) is 14.4. The van der Waals surface area contributed by atoms with Gasteiger partial charge in [0, 0.05) is 5.41 Å². The van der Waals surface area contributed by atoms with Crippen LogP contribution in [0.2, 0.25) is 0 Å². The van der Waals surface area contributed by atoms with E-state index in [1.807, 2.05) is 0 Å². The minimum atomic E-state index is -8.94. The van der Waals surface area contributed by atoms with E-state index in [-0.39, 0.29) is 12.1 Å². The summed E-state index contributed by atoms with van der Waals surface area (Å²) in [6.07, 6.45) is -16.0. The monoisotopic (exact) mass is 1120 g/mol. The van der Waals surface area contributed by atoms with Gasteiger partial charge in [0.2, 0.25) is 11.7 Å². The molecule has 0 bridgehead atoms. The highest BCUT2D eigenvalue weighted by Gasteiger charge is 2.95. The number of allylic oxidation sites excluding steroid dienone is 2. The highest BCUT2D eigenvalue weighted by Crippen LogP contribution is 2.65. The molecule has 38 heteroatoms. The van der Waals surface area contributed by atoms with E-state index in [2.05, 4.69) is 9.47 Å². The summed E-state index contributed by atoms with van der Waals surface area (Å²) in [6, 6.07) is -5.78. The molecule has 0 heterocycles. The van der Waals surface area contributed by atoms with E-state index in [1.165, 1.54) is 0 Å². The summed E-state index contributed by atoms with van der Waals surface area (Å²) in [7, 11) is 0. The van der Waals surface area contributed by atoms with Crippen molar-refractivity contribution in [3.63, 3.8) is 0 Å². The summed E-state index contributed by atoms with van der Waals surface area (Å²) in [4.78, 5) is 0. The topological polar surface area (TPSA) is 70.5 Å². The Balaban J connectivity index is 2.67. The zero-order valence-electron chi connectivity index (χ0n) is 32.8. The summed E-state index contributed by atoms with van der Waals surface area (Å²) < 4.78 is 471. The summed E-state index contributed by atoms with van der Waals surface area (Å²) in [6.45, 7) is 1.59. The van der Waals surface area contributed by atoms with Crippen molar-refractivity contribution in [2.24, 2.45) is 0 Å². The molecule has 0 aliphatic rings. The minimum absolute atomic E-state index is 0.116. The molecule has 0 aliphatic carbocycles. The Morgan fingerprint density at radius 1 is 0.338 bits per heavy atom. The van der Waals surface area contributed by atoms with Gasteiger partial charge in [-0.25, -0.2) is 0 Å². The maximum Gasteiger partial charge on any atom is 0.460 e. The molecule has 2 rings (SSSR count). The Kier molecular flexibility index (Phi) is 15.2. The number of alkyl halides is 30. The molecule has 0 aliphatic heterocycles. The molecule has 0 unspecified atom stereocenters. The van der Waals surface area contributed by atoms with Crippen molar-refractivity contribution in [3.8, 4) is 11.5 Å². The van der Waals surface area contributed by atoms with Gasteiger partial charge in [-0.05, 0) is 35.4 Å². The van der Waals surface area contributed by atoms with E-state index in [4.69, 9.17) is 11.5 Å². The van der Waals surface area contributed by atoms with E-state index in [0.29, 0.717) is 24.3 Å². The standard InChI is InChI=1S/C33H16F34N2O2/c1-19(2,9-3-5-11(68)13(7-9)70-17(36)15(34)20(38,39)22(42,43)24(46,47)26(50,51)28(54,55)30(58,59)32(62,63)64)10-4-6-12(69)14(8-10)71-18(37)16(35)21(40,41)23(44,45)25(48,49)27(52,53)29(56,57)31(60,61)33(65,66)67/h3-8H,68-69H2,1-2H3. The quantitative estimate of drug-likeness (QED) is 0.0886. The van der Waals surface area contributed by atoms with Crippen molar-refractivity contribution in [2.45, 2.75) is 103 Å². The fourth-order valence-corrected chi connectivity index (χ4v) is 4.93. The smallest absolute Gasteiger partial charge is 0.427 e. The summed E-state index contributed by atoms with van der Waals surface area (Å²) in [5.41, 5.74) is 4.44. The van der Waals surface area contributed by atoms with Crippen molar-refractivity contribution < 1.29 is 159 Å². The van der Waals surface area contributed by atoms with Crippen molar-refractivity contribution in [1.29, 1.82) is 0 Å². The molecule has 0 radical (unpaired) electrons. The summed E-state index contributed by atoms with van der Waals surface area (Å²) >= 11 is 0. The number of rotatable bonds is 18. The van der Waals surface area contributed by atoms with Crippen LogP contribution in [0, 0.1) is 0 Å². The molecule has 408 valence electrons. The summed E-state index contributed by atoms with van der Waals surface area (Å²) in [5.74, 6) is -117. The number of hydrogen-bond donors (Lipinski definition) is 2. The molecule has 0 amide bonds. The van der Waals surface area contributed by atoms with Gasteiger partial charge in [-0.2, -0.15) is 149 Å². The van der Waals surface area contributed by atoms with Crippen molar-refractivity contribution in [3.05, 3.63) is 71.2 Å². The lowest BCUT2D eigenvalue weighted by Gasteiger charge is -2.41. The van der Waals surface area contributed by atoms with Crippen molar-refractivity contribution in [1.82, 2.24) is 0 Å². The first-order chi connectivity index (χ1) is 30.9. The zero-order chi connectivity index (χ0) is 56.9. The molecular formula is C33H16F34N2O2. The van der Waals surface area contributed by atoms with Crippen LogP contribution in [0.4, 0.5) is 161 Å². The number of hydrogen-bond acceptors (Lipinski definition) is 4. The maximum absolute atomic E-state index is 14.6. The molecule has 2 aromatic carbocycles. The number of anilines is 2. The van der Waals surface area contributed by atoms with Gasteiger partial charge in [-0.1, -0.05) is 26.0 Å². The fraction of sp³-hybridized carbons (Fsp3) is 0.515. The molecule has 0 aromatic heterocycles. The minimum Gasteiger partial charge on any atom is -0.427 e. The van der Waals surface area contributed by atoms with E-state index < -0.39 is 147 Å². The van der Waals surface area contributed by atoms with Crippen LogP contribution < -0.4 is 20.9 Å². The highest BCUT2D eigenvalue weighted by molar-refractivity contribution is 5.60. The van der Waals surface area contributed by atoms with Gasteiger partial charge < -0.3 is 20.9 Å². The fourth-order valence-electron chi connectivity index (χ4n) is 4.93. The van der Waals surface area contributed by atoms with E-state index in [0.717, 1.165) is 13.8 Å². The lowest BCUT2D eigenvalue weighted by atomic mass is 9.78. The van der Waals surface area contributed by atoms with Crippen LogP contribution in [-0.2, 0) is 5.41 Å². The zero-order valence-corrected chi connectivity index (χ0v) is 32.8. The molecule has 2 aromatic rings. The van der Waals surface area contributed by atoms with Crippen molar-refractivity contribution >= 4 is 11.4 Å². The first kappa shape index (κ1) is 61.9. The van der Waals surface area contributed by atoms with Gasteiger partial charge in [-0.3, -0.25) is 0 Å². The van der Waals surface area contributed by atoms with Crippen LogP contribution in [0.3, 0.4) is 0 Å². The summed E-state index contributed by atoms with van der Waals surface area (Å²) in [5, 5.41) is 0. The Morgan fingerprint density at radius 2 is 0.549 bits per heavy atom. The van der Waals surface area contributed by atoms with Crippen LogP contribution in [-0.4, -0.2) is 83.4 Å². The van der Waals surface area contributed by atoms with Crippen LogP contribution in [0.1, 0.15) is 25.0 Å². The second-order valence-corrected chi connectivity index (χ2v) is 14.4. The SMILES string of the molecule is CC(C)(c1ccc(N)c(OC(F)=C(F)C(F)(F)C(F)(F)C(F)(F)C(F)(F)C(F)(F)C(F)(F)C(F)(F)F)c1)c1ccc(N)c(OC(F)=C(F)C(F)(F)C(F)(F)C(F)(F)C(F)(F)C(F)(F)C(F)(F)C(F)(F)F)c1. The normalized spacial score (nSPS) is 16.2. The molecule has 4 nitrogen and oxygen atoms in total. The van der Waals surface area contributed by atoms with E-state index >= 15 is 0 Å². The van der Waals surface area contributed by atoms with E-state index in [9.17, 15) is 149 Å². The molecule has 71 heavy (non-hydrogen) atoms. The Hall–Kier alpha value is -5.26. The maximum atomic E-state index is 14.6. The third-order valence-corrected chi connectivity index (χ3v) is 9.42. The average molecular weight is 1120 g/mol.